The lowest BCUT2D eigenvalue weighted by Crippen LogP contribution is -2.37. The largest absolute Gasteiger partial charge is 0.462 e. The van der Waals surface area contributed by atoms with Crippen LogP contribution in [0.5, 0.6) is 0 Å². The summed E-state index contributed by atoms with van der Waals surface area (Å²) in [4.78, 5) is 20.4. The van der Waals surface area contributed by atoms with Gasteiger partial charge in [-0.25, -0.2) is 14.8 Å². The Balaban J connectivity index is 1.83. The molecule has 6 heteroatoms. The standard InChI is InChI=1S/C18H18Cl2N2O2/c1-2-24-17(23)12-10-21-15(22-11-12)9-18(7-4-8-18)13-5-3-6-14(19)16(13)20/h3,5-6,10-11H,2,4,7-9H2,1H3. The van der Waals surface area contributed by atoms with Crippen molar-refractivity contribution >= 4 is 29.2 Å². The second-order valence-corrected chi connectivity index (χ2v) is 6.81. The summed E-state index contributed by atoms with van der Waals surface area (Å²) in [5.41, 5.74) is 1.35. The molecule has 2 aromatic rings. The molecule has 0 N–H and O–H groups in total. The summed E-state index contributed by atoms with van der Waals surface area (Å²) >= 11 is 12.6. The molecule has 1 heterocycles. The van der Waals surface area contributed by atoms with E-state index in [9.17, 15) is 4.79 Å². The minimum Gasteiger partial charge on any atom is -0.462 e. The third kappa shape index (κ3) is 3.26. The van der Waals surface area contributed by atoms with Gasteiger partial charge in [-0.05, 0) is 31.4 Å². The van der Waals surface area contributed by atoms with Gasteiger partial charge in [0, 0.05) is 24.2 Å². The number of hydrogen-bond acceptors (Lipinski definition) is 4. The summed E-state index contributed by atoms with van der Waals surface area (Å²) in [6.45, 7) is 2.10. The Labute approximate surface area is 151 Å². The molecule has 0 atom stereocenters. The van der Waals surface area contributed by atoms with E-state index in [0.29, 0.717) is 34.5 Å². The van der Waals surface area contributed by atoms with Crippen LogP contribution in [0.25, 0.3) is 0 Å². The van der Waals surface area contributed by atoms with Gasteiger partial charge in [-0.2, -0.15) is 0 Å². The first-order valence-corrected chi connectivity index (χ1v) is 8.74. The highest BCUT2D eigenvalue weighted by atomic mass is 35.5. The molecule has 1 aromatic carbocycles. The molecule has 4 nitrogen and oxygen atoms in total. The average Bonchev–Trinajstić information content (AvgIpc) is 2.55. The Kier molecular flexibility index (Phi) is 5.07. The molecule has 0 radical (unpaired) electrons. The highest BCUT2D eigenvalue weighted by Gasteiger charge is 2.41. The molecule has 0 saturated heterocycles. The molecule has 0 bridgehead atoms. The summed E-state index contributed by atoms with van der Waals surface area (Å²) in [6.07, 6.45) is 6.91. The van der Waals surface area contributed by atoms with Gasteiger partial charge in [0.25, 0.3) is 0 Å². The molecule has 1 aromatic heterocycles. The van der Waals surface area contributed by atoms with E-state index < -0.39 is 5.97 Å². The monoisotopic (exact) mass is 364 g/mol. The van der Waals surface area contributed by atoms with Crippen molar-refractivity contribution in [2.75, 3.05) is 6.61 Å². The maximum Gasteiger partial charge on any atom is 0.341 e. The Hall–Kier alpha value is -1.65. The molecule has 126 valence electrons. The van der Waals surface area contributed by atoms with E-state index in [-0.39, 0.29) is 5.41 Å². The number of esters is 1. The summed E-state index contributed by atoms with van der Waals surface area (Å²) < 4.78 is 4.95. The van der Waals surface area contributed by atoms with Gasteiger partial charge < -0.3 is 4.74 Å². The van der Waals surface area contributed by atoms with Gasteiger partial charge in [0.2, 0.25) is 0 Å². The zero-order valence-electron chi connectivity index (χ0n) is 13.4. The molecule has 3 rings (SSSR count). The molecule has 0 aliphatic heterocycles. The fourth-order valence-corrected chi connectivity index (χ4v) is 3.63. The smallest absolute Gasteiger partial charge is 0.341 e. The lowest BCUT2D eigenvalue weighted by Gasteiger charge is -2.42. The van der Waals surface area contributed by atoms with Gasteiger partial charge in [-0.3, -0.25) is 0 Å². The van der Waals surface area contributed by atoms with E-state index in [1.807, 2.05) is 12.1 Å². The van der Waals surface area contributed by atoms with Gasteiger partial charge in [-0.15, -0.1) is 0 Å². The molecule has 0 amide bonds. The van der Waals surface area contributed by atoms with Crippen molar-refractivity contribution in [1.29, 1.82) is 0 Å². The number of hydrogen-bond donors (Lipinski definition) is 0. The number of rotatable bonds is 5. The molecular weight excluding hydrogens is 347 g/mol. The Morgan fingerprint density at radius 1 is 1.25 bits per heavy atom. The van der Waals surface area contributed by atoms with Crippen molar-refractivity contribution in [2.45, 2.75) is 38.0 Å². The minimum atomic E-state index is -0.403. The molecule has 1 saturated carbocycles. The van der Waals surface area contributed by atoms with Crippen molar-refractivity contribution in [3.8, 4) is 0 Å². The molecule has 1 fully saturated rings. The van der Waals surface area contributed by atoms with Crippen LogP contribution in [0.15, 0.2) is 30.6 Å². The van der Waals surface area contributed by atoms with Crippen LogP contribution < -0.4 is 0 Å². The first-order chi connectivity index (χ1) is 11.6. The van der Waals surface area contributed by atoms with Gasteiger partial charge in [0.05, 0.1) is 22.2 Å². The average molecular weight is 365 g/mol. The molecule has 24 heavy (non-hydrogen) atoms. The van der Waals surface area contributed by atoms with Crippen LogP contribution in [0.1, 0.15) is 47.9 Å². The number of ether oxygens (including phenoxy) is 1. The number of aromatic nitrogens is 2. The molecule has 1 aliphatic carbocycles. The zero-order chi connectivity index (χ0) is 17.2. The fourth-order valence-electron chi connectivity index (χ4n) is 3.13. The summed E-state index contributed by atoms with van der Waals surface area (Å²) in [6, 6.07) is 5.75. The number of halogens is 2. The maximum absolute atomic E-state index is 11.7. The van der Waals surface area contributed by atoms with Crippen LogP contribution in [-0.2, 0) is 16.6 Å². The van der Waals surface area contributed by atoms with Gasteiger partial charge in [-0.1, -0.05) is 41.8 Å². The van der Waals surface area contributed by atoms with Crippen molar-refractivity contribution in [2.24, 2.45) is 0 Å². The number of nitrogens with zero attached hydrogens (tertiary/aromatic N) is 2. The maximum atomic E-state index is 11.7. The SMILES string of the molecule is CCOC(=O)c1cnc(CC2(c3cccc(Cl)c3Cl)CCC2)nc1. The van der Waals surface area contributed by atoms with Crippen molar-refractivity contribution in [3.63, 3.8) is 0 Å². The van der Waals surface area contributed by atoms with E-state index in [0.717, 1.165) is 24.8 Å². The quantitative estimate of drug-likeness (QED) is 0.726. The Bertz CT molecular complexity index is 743. The van der Waals surface area contributed by atoms with Gasteiger partial charge in [0.15, 0.2) is 0 Å². The van der Waals surface area contributed by atoms with Crippen LogP contribution in [0.3, 0.4) is 0 Å². The fraction of sp³-hybridized carbons (Fsp3) is 0.389. The Morgan fingerprint density at radius 3 is 2.54 bits per heavy atom. The highest BCUT2D eigenvalue weighted by molar-refractivity contribution is 6.42. The lowest BCUT2D eigenvalue weighted by molar-refractivity contribution is 0.0525. The number of carbonyl (C=O) groups excluding carboxylic acids is 1. The summed E-state index contributed by atoms with van der Waals surface area (Å²) in [5.74, 6) is 0.291. The number of carbonyl (C=O) groups is 1. The van der Waals surface area contributed by atoms with E-state index in [4.69, 9.17) is 27.9 Å². The van der Waals surface area contributed by atoms with E-state index in [1.165, 1.54) is 12.4 Å². The predicted molar refractivity (Wildman–Crippen MR) is 93.7 cm³/mol. The van der Waals surface area contributed by atoms with Crippen LogP contribution in [0.2, 0.25) is 10.0 Å². The second-order valence-electron chi connectivity index (χ2n) is 6.02. The van der Waals surface area contributed by atoms with E-state index >= 15 is 0 Å². The van der Waals surface area contributed by atoms with Gasteiger partial charge in [0.1, 0.15) is 5.82 Å². The second kappa shape index (κ2) is 7.08. The van der Waals surface area contributed by atoms with Crippen molar-refractivity contribution in [3.05, 3.63) is 57.6 Å². The van der Waals surface area contributed by atoms with E-state index in [1.54, 1.807) is 13.0 Å². The van der Waals surface area contributed by atoms with Crippen LogP contribution in [-0.4, -0.2) is 22.5 Å². The first kappa shape index (κ1) is 17.2. The van der Waals surface area contributed by atoms with E-state index in [2.05, 4.69) is 9.97 Å². The Morgan fingerprint density at radius 2 is 1.96 bits per heavy atom. The molecule has 0 spiro atoms. The zero-order valence-corrected chi connectivity index (χ0v) is 14.9. The lowest BCUT2D eigenvalue weighted by atomic mass is 9.62. The van der Waals surface area contributed by atoms with Crippen molar-refractivity contribution < 1.29 is 9.53 Å². The number of benzene rings is 1. The first-order valence-electron chi connectivity index (χ1n) is 7.98. The molecule has 1 aliphatic rings. The third-order valence-corrected chi connectivity index (χ3v) is 5.37. The predicted octanol–water partition coefficient (Wildman–Crippen LogP) is 4.62. The molecular formula is C18H18Cl2N2O2. The normalized spacial score (nSPS) is 15.6. The van der Waals surface area contributed by atoms with Crippen molar-refractivity contribution in [1.82, 2.24) is 9.97 Å². The van der Waals surface area contributed by atoms with Gasteiger partial charge >= 0.3 is 5.97 Å². The van der Waals surface area contributed by atoms with Crippen LogP contribution in [0, 0.1) is 0 Å². The topological polar surface area (TPSA) is 52.1 Å². The summed E-state index contributed by atoms with van der Waals surface area (Å²) in [5, 5.41) is 1.18. The van der Waals surface area contributed by atoms with Crippen LogP contribution in [0.4, 0.5) is 0 Å². The molecule has 0 unspecified atom stereocenters. The summed E-state index contributed by atoms with van der Waals surface area (Å²) in [7, 11) is 0. The minimum absolute atomic E-state index is 0.0760. The third-order valence-electron chi connectivity index (χ3n) is 4.55. The van der Waals surface area contributed by atoms with Crippen LogP contribution >= 0.6 is 23.2 Å². The highest BCUT2D eigenvalue weighted by Crippen LogP contribution is 2.49.